The largest absolute Gasteiger partial charge is 0.494 e. The Labute approximate surface area is 243 Å². The fourth-order valence-corrected chi connectivity index (χ4v) is 7.76. The number of amides is 1. The van der Waals surface area contributed by atoms with E-state index in [1.807, 2.05) is 73.7 Å². The van der Waals surface area contributed by atoms with E-state index in [4.69, 9.17) is 9.72 Å². The lowest BCUT2D eigenvalue weighted by Crippen LogP contribution is -2.35. The van der Waals surface area contributed by atoms with Crippen LogP contribution in [-0.2, 0) is 23.0 Å². The molecule has 0 aliphatic carbocycles. The van der Waals surface area contributed by atoms with E-state index in [9.17, 15) is 13.2 Å². The summed E-state index contributed by atoms with van der Waals surface area (Å²) in [4.78, 5) is 20.6. The molecular formula is C32H29N3O4S2. The third kappa shape index (κ3) is 5.07. The van der Waals surface area contributed by atoms with Crippen molar-refractivity contribution in [1.82, 2.24) is 4.98 Å². The number of thiazole rings is 1. The summed E-state index contributed by atoms with van der Waals surface area (Å²) in [5.41, 5.74) is 4.82. The number of carbonyl (C=O) groups excluding carboxylic acids is 1. The predicted octanol–water partition coefficient (Wildman–Crippen LogP) is 6.60. The van der Waals surface area contributed by atoms with E-state index < -0.39 is 10.0 Å². The Morgan fingerprint density at radius 2 is 1.71 bits per heavy atom. The molecule has 0 fully saturated rings. The minimum atomic E-state index is -3.78. The van der Waals surface area contributed by atoms with Gasteiger partial charge in [-0.25, -0.2) is 13.4 Å². The Morgan fingerprint density at radius 1 is 0.976 bits per heavy atom. The molecule has 0 atom stereocenters. The van der Waals surface area contributed by atoms with E-state index in [1.165, 1.54) is 27.8 Å². The number of para-hydroxylation sites is 1. The SMILES string of the molecule is COc1ccc(C)c2sc(N(Cc3ccccc3)C(=O)c3ccc(S(=O)(=O)N4CCCc5ccccc54)cc3)nc12. The maximum Gasteiger partial charge on any atom is 0.264 e. The zero-order valence-electron chi connectivity index (χ0n) is 22.8. The van der Waals surface area contributed by atoms with E-state index in [0.29, 0.717) is 35.1 Å². The first kappa shape index (κ1) is 27.0. The normalized spacial score (nSPS) is 13.2. The lowest BCUT2D eigenvalue weighted by atomic mass is 10.0. The van der Waals surface area contributed by atoms with Crippen molar-refractivity contribution in [3.63, 3.8) is 0 Å². The van der Waals surface area contributed by atoms with Crippen molar-refractivity contribution in [1.29, 1.82) is 0 Å². The van der Waals surface area contributed by atoms with Crippen molar-refractivity contribution in [3.8, 4) is 5.75 Å². The summed E-state index contributed by atoms with van der Waals surface area (Å²) in [5.74, 6) is 0.380. The van der Waals surface area contributed by atoms with Gasteiger partial charge in [0, 0.05) is 12.1 Å². The molecule has 0 saturated carbocycles. The Balaban J connectivity index is 1.35. The lowest BCUT2D eigenvalue weighted by molar-refractivity contribution is 0.0985. The fourth-order valence-electron chi connectivity index (χ4n) is 5.17. The molecule has 208 valence electrons. The number of benzene rings is 4. The number of hydrogen-bond donors (Lipinski definition) is 0. The van der Waals surface area contributed by atoms with Crippen LogP contribution < -0.4 is 13.9 Å². The first-order valence-electron chi connectivity index (χ1n) is 13.4. The van der Waals surface area contributed by atoms with Crippen LogP contribution in [0.3, 0.4) is 0 Å². The summed E-state index contributed by atoms with van der Waals surface area (Å²) in [6.45, 7) is 2.74. The van der Waals surface area contributed by atoms with Gasteiger partial charge < -0.3 is 4.74 Å². The second-order valence-corrected chi connectivity index (χ2v) is 12.8. The summed E-state index contributed by atoms with van der Waals surface area (Å²) in [6, 6.07) is 27.4. The summed E-state index contributed by atoms with van der Waals surface area (Å²) < 4.78 is 35.2. The Hall–Kier alpha value is -4.21. The quantitative estimate of drug-likeness (QED) is 0.216. The van der Waals surface area contributed by atoms with Crippen molar-refractivity contribution < 1.29 is 17.9 Å². The lowest BCUT2D eigenvalue weighted by Gasteiger charge is -2.30. The highest BCUT2D eigenvalue weighted by atomic mass is 32.2. The number of aromatic nitrogens is 1. The van der Waals surface area contributed by atoms with Crippen molar-refractivity contribution in [2.24, 2.45) is 0 Å². The molecule has 1 aliphatic rings. The molecule has 41 heavy (non-hydrogen) atoms. The average molecular weight is 584 g/mol. The van der Waals surface area contributed by atoms with Gasteiger partial charge in [-0.3, -0.25) is 14.0 Å². The highest BCUT2D eigenvalue weighted by Crippen LogP contribution is 2.38. The van der Waals surface area contributed by atoms with Crippen LogP contribution in [0.15, 0.2) is 95.9 Å². The van der Waals surface area contributed by atoms with Gasteiger partial charge in [-0.15, -0.1) is 0 Å². The Kier molecular flexibility index (Phi) is 7.23. The highest BCUT2D eigenvalue weighted by molar-refractivity contribution is 7.92. The number of nitrogens with zero attached hydrogens (tertiary/aromatic N) is 3. The number of methoxy groups -OCH3 is 1. The van der Waals surface area contributed by atoms with Gasteiger partial charge in [0.05, 0.1) is 28.9 Å². The third-order valence-electron chi connectivity index (χ3n) is 7.33. The van der Waals surface area contributed by atoms with Crippen LogP contribution in [0.5, 0.6) is 5.75 Å². The molecule has 1 aliphatic heterocycles. The summed E-state index contributed by atoms with van der Waals surface area (Å²) in [6.07, 6.45) is 1.61. The van der Waals surface area contributed by atoms with Crippen LogP contribution in [0.4, 0.5) is 10.8 Å². The molecule has 1 aromatic heterocycles. The van der Waals surface area contributed by atoms with Crippen molar-refractivity contribution >= 4 is 48.3 Å². The van der Waals surface area contributed by atoms with E-state index >= 15 is 0 Å². The van der Waals surface area contributed by atoms with E-state index in [2.05, 4.69) is 0 Å². The fraction of sp³-hybridized carbons (Fsp3) is 0.188. The molecule has 7 nitrogen and oxygen atoms in total. The van der Waals surface area contributed by atoms with Crippen LogP contribution in [-0.4, -0.2) is 33.0 Å². The second-order valence-electron chi connectivity index (χ2n) is 9.97. The predicted molar refractivity (Wildman–Crippen MR) is 164 cm³/mol. The molecule has 0 N–H and O–H groups in total. The molecule has 6 rings (SSSR count). The number of aryl methyl sites for hydroxylation is 2. The molecular weight excluding hydrogens is 555 g/mol. The first-order chi connectivity index (χ1) is 19.9. The van der Waals surface area contributed by atoms with Crippen LogP contribution in [0.25, 0.3) is 10.2 Å². The second kappa shape index (κ2) is 11.0. The van der Waals surface area contributed by atoms with Crippen molar-refractivity contribution in [3.05, 3.63) is 113 Å². The number of anilines is 2. The van der Waals surface area contributed by atoms with Gasteiger partial charge in [-0.1, -0.05) is 65.9 Å². The molecule has 1 amide bonds. The molecule has 2 heterocycles. The molecule has 0 radical (unpaired) electrons. The molecule has 0 bridgehead atoms. The maximum absolute atomic E-state index is 14.0. The van der Waals surface area contributed by atoms with E-state index in [-0.39, 0.29) is 10.8 Å². The number of fused-ring (bicyclic) bond motifs is 2. The average Bonchev–Trinajstić information content (AvgIpc) is 3.46. The number of rotatable bonds is 7. The molecule has 0 spiro atoms. The number of sulfonamides is 1. The zero-order valence-corrected chi connectivity index (χ0v) is 24.4. The van der Waals surface area contributed by atoms with Gasteiger partial charge in [0.25, 0.3) is 15.9 Å². The van der Waals surface area contributed by atoms with E-state index in [1.54, 1.807) is 24.1 Å². The van der Waals surface area contributed by atoms with Crippen LogP contribution >= 0.6 is 11.3 Å². The monoisotopic (exact) mass is 583 g/mol. The van der Waals surface area contributed by atoms with Crippen LogP contribution in [0.1, 0.15) is 33.5 Å². The maximum atomic E-state index is 14.0. The molecule has 9 heteroatoms. The highest BCUT2D eigenvalue weighted by Gasteiger charge is 2.30. The third-order valence-corrected chi connectivity index (χ3v) is 10.4. The topological polar surface area (TPSA) is 79.8 Å². The van der Waals surface area contributed by atoms with Crippen molar-refractivity contribution in [2.75, 3.05) is 22.9 Å². The first-order valence-corrected chi connectivity index (χ1v) is 15.6. The molecule has 0 unspecified atom stereocenters. The van der Waals surface area contributed by atoms with Gasteiger partial charge in [0.2, 0.25) is 0 Å². The standard InChI is InChI=1S/C32H29N3O4S2/c1-22-14-19-28(39-2)29-30(22)40-32(33-29)34(21-23-9-4-3-5-10-23)31(36)25-15-17-26(18-16-25)41(37,38)35-20-8-12-24-11-6-7-13-27(24)35/h3-7,9-11,13-19H,8,12,20-21H2,1-2H3. The summed E-state index contributed by atoms with van der Waals surface area (Å²) >= 11 is 1.43. The molecule has 4 aromatic carbocycles. The van der Waals surface area contributed by atoms with Crippen LogP contribution in [0.2, 0.25) is 0 Å². The molecule has 5 aromatic rings. The molecule has 0 saturated heterocycles. The van der Waals surface area contributed by atoms with Gasteiger partial charge in [0.15, 0.2) is 5.13 Å². The Bertz CT molecular complexity index is 1830. The Morgan fingerprint density at radius 3 is 2.46 bits per heavy atom. The van der Waals surface area contributed by atoms with Gasteiger partial charge in [-0.2, -0.15) is 0 Å². The van der Waals surface area contributed by atoms with Crippen LogP contribution in [0, 0.1) is 6.92 Å². The smallest absolute Gasteiger partial charge is 0.264 e. The number of carbonyl (C=O) groups is 1. The van der Waals surface area contributed by atoms with Gasteiger partial charge >= 0.3 is 0 Å². The number of ether oxygens (including phenoxy) is 1. The van der Waals surface area contributed by atoms with Gasteiger partial charge in [-0.05, 0) is 72.9 Å². The summed E-state index contributed by atoms with van der Waals surface area (Å²) in [5, 5.41) is 0.545. The number of hydrogen-bond acceptors (Lipinski definition) is 6. The minimum Gasteiger partial charge on any atom is -0.494 e. The van der Waals surface area contributed by atoms with Crippen molar-refractivity contribution in [2.45, 2.75) is 31.2 Å². The van der Waals surface area contributed by atoms with E-state index in [0.717, 1.165) is 39.9 Å². The minimum absolute atomic E-state index is 0.153. The van der Waals surface area contributed by atoms with Gasteiger partial charge in [0.1, 0.15) is 11.3 Å². The zero-order chi connectivity index (χ0) is 28.6. The summed E-state index contributed by atoms with van der Waals surface area (Å²) in [7, 11) is -2.18.